The number of benzene rings is 1. The molecule has 3 atom stereocenters. The van der Waals surface area contributed by atoms with Crippen molar-refractivity contribution >= 4 is 10.8 Å². The second-order valence-electron chi connectivity index (χ2n) is 8.08. The lowest BCUT2D eigenvalue weighted by molar-refractivity contribution is 0.235. The number of pyridine rings is 1. The summed E-state index contributed by atoms with van der Waals surface area (Å²) in [6.07, 6.45) is 14.4. The molecule has 2 aromatic rings. The van der Waals surface area contributed by atoms with Crippen molar-refractivity contribution in [1.29, 1.82) is 0 Å². The van der Waals surface area contributed by atoms with Gasteiger partial charge in [-0.15, -0.1) is 0 Å². The predicted molar refractivity (Wildman–Crippen MR) is 97.8 cm³/mol. The molecule has 6 bridgehead atoms. The zero-order chi connectivity index (χ0) is 15.6. The maximum atomic E-state index is 4.85. The molecule has 1 aromatic heterocycles. The number of aryl methyl sites for hydroxylation is 1. The van der Waals surface area contributed by atoms with Crippen molar-refractivity contribution in [3.63, 3.8) is 0 Å². The molecule has 3 aliphatic carbocycles. The molecule has 122 valence electrons. The molecule has 3 unspecified atom stereocenters. The molecule has 1 fully saturated rings. The quantitative estimate of drug-likeness (QED) is 0.559. The van der Waals surface area contributed by atoms with Crippen LogP contribution >= 0.6 is 0 Å². The largest absolute Gasteiger partial charge is 0.260 e. The molecule has 5 rings (SSSR count). The van der Waals surface area contributed by atoms with Gasteiger partial charge >= 0.3 is 0 Å². The number of aromatic nitrogens is 1. The van der Waals surface area contributed by atoms with Crippen molar-refractivity contribution in [3.8, 4) is 0 Å². The Balaban J connectivity index is 1.76. The first-order chi connectivity index (χ1) is 11.3. The Kier molecular flexibility index (Phi) is 4.37. The number of hydrogen-bond donors (Lipinski definition) is 0. The minimum Gasteiger partial charge on any atom is -0.260 e. The van der Waals surface area contributed by atoms with Crippen molar-refractivity contribution in [1.82, 2.24) is 4.98 Å². The average molecular weight is 307 g/mol. The monoisotopic (exact) mass is 307 g/mol. The lowest BCUT2D eigenvalue weighted by Crippen LogP contribution is -2.21. The summed E-state index contributed by atoms with van der Waals surface area (Å²) in [5.41, 5.74) is 2.88. The summed E-state index contributed by atoms with van der Waals surface area (Å²) in [6, 6.07) is 9.32. The summed E-state index contributed by atoms with van der Waals surface area (Å²) in [5, 5.41) is 2.81. The van der Waals surface area contributed by atoms with Crippen LogP contribution in [0.4, 0.5) is 0 Å². The summed E-state index contributed by atoms with van der Waals surface area (Å²) in [5.74, 6) is 2.44. The van der Waals surface area contributed by atoms with Crippen LogP contribution in [0.15, 0.2) is 30.5 Å². The van der Waals surface area contributed by atoms with Crippen LogP contribution in [0.2, 0.25) is 0 Å². The smallest absolute Gasteiger partial charge is 0.0512 e. The fourth-order valence-corrected chi connectivity index (χ4v) is 5.05. The Labute approximate surface area is 140 Å². The van der Waals surface area contributed by atoms with E-state index < -0.39 is 0 Å². The van der Waals surface area contributed by atoms with Gasteiger partial charge in [-0.25, -0.2) is 0 Å². The molecule has 1 saturated carbocycles. The van der Waals surface area contributed by atoms with Crippen LogP contribution in [0, 0.1) is 11.8 Å². The van der Waals surface area contributed by atoms with Crippen LogP contribution in [-0.4, -0.2) is 4.98 Å². The van der Waals surface area contributed by atoms with Gasteiger partial charge in [0.05, 0.1) is 5.69 Å². The summed E-state index contributed by atoms with van der Waals surface area (Å²) < 4.78 is 0. The molecule has 0 amide bonds. The molecule has 3 aliphatic rings. The molecule has 0 saturated heterocycles. The molecule has 1 aromatic carbocycles. The number of fused-ring (bicyclic) bond motifs is 6. The van der Waals surface area contributed by atoms with E-state index in [0.717, 1.165) is 11.8 Å². The average Bonchev–Trinajstić information content (AvgIpc) is 2.56. The van der Waals surface area contributed by atoms with E-state index in [1.807, 2.05) is 6.20 Å². The third-order valence-electron chi connectivity index (χ3n) is 6.11. The highest BCUT2D eigenvalue weighted by Crippen LogP contribution is 2.42. The van der Waals surface area contributed by atoms with E-state index in [1.165, 1.54) is 79.8 Å². The highest BCUT2D eigenvalue weighted by atomic mass is 14.7. The summed E-state index contributed by atoms with van der Waals surface area (Å²) in [7, 11) is 0. The zero-order valence-electron chi connectivity index (χ0n) is 14.4. The Hall–Kier alpha value is -1.37. The number of hydrogen-bond acceptors (Lipinski definition) is 1. The molecule has 0 radical (unpaired) electrons. The Bertz CT molecular complexity index is 675. The normalized spacial score (nSPS) is 28.8. The van der Waals surface area contributed by atoms with Gasteiger partial charge in [0.25, 0.3) is 0 Å². The molecular weight excluding hydrogens is 278 g/mol. The number of nitrogens with zero attached hydrogens (tertiary/aromatic N) is 1. The Morgan fingerprint density at radius 2 is 1.87 bits per heavy atom. The van der Waals surface area contributed by atoms with Crippen molar-refractivity contribution in [3.05, 3.63) is 41.7 Å². The lowest BCUT2D eigenvalue weighted by atomic mass is 9.72. The van der Waals surface area contributed by atoms with Crippen molar-refractivity contribution < 1.29 is 0 Å². The van der Waals surface area contributed by atoms with Crippen LogP contribution in [0.25, 0.3) is 10.8 Å². The topological polar surface area (TPSA) is 12.9 Å². The number of rotatable bonds is 0. The van der Waals surface area contributed by atoms with Gasteiger partial charge in [-0.05, 0) is 61.0 Å². The van der Waals surface area contributed by atoms with Crippen LogP contribution in [0.1, 0.15) is 75.5 Å². The van der Waals surface area contributed by atoms with Crippen molar-refractivity contribution in [2.75, 3.05) is 0 Å². The molecule has 0 spiro atoms. The van der Waals surface area contributed by atoms with Crippen LogP contribution in [0.5, 0.6) is 0 Å². The van der Waals surface area contributed by atoms with Gasteiger partial charge in [-0.2, -0.15) is 0 Å². The van der Waals surface area contributed by atoms with Gasteiger partial charge < -0.3 is 0 Å². The predicted octanol–water partition coefficient (Wildman–Crippen LogP) is 6.26. The molecule has 1 nitrogen and oxygen atoms in total. The minimum atomic E-state index is 0.668. The van der Waals surface area contributed by atoms with Gasteiger partial charge in [-0.1, -0.05) is 50.8 Å². The van der Waals surface area contributed by atoms with Gasteiger partial charge in [0, 0.05) is 17.5 Å². The SMILES string of the molecule is CC1CC2CCCCCCc3ccc4c(nccc4c3)C(C1)C2. The van der Waals surface area contributed by atoms with Crippen molar-refractivity contribution in [2.45, 2.75) is 70.6 Å². The van der Waals surface area contributed by atoms with E-state index in [4.69, 9.17) is 4.98 Å². The second-order valence-corrected chi connectivity index (χ2v) is 8.08. The highest BCUT2D eigenvalue weighted by molar-refractivity contribution is 5.85. The first-order valence-electron chi connectivity index (χ1n) is 9.67. The van der Waals surface area contributed by atoms with E-state index in [9.17, 15) is 0 Å². The maximum absolute atomic E-state index is 4.85. The lowest BCUT2D eigenvalue weighted by Gasteiger charge is -2.34. The van der Waals surface area contributed by atoms with Crippen LogP contribution in [0.3, 0.4) is 0 Å². The van der Waals surface area contributed by atoms with E-state index in [2.05, 4.69) is 31.2 Å². The first-order valence-corrected chi connectivity index (χ1v) is 9.67. The summed E-state index contributed by atoms with van der Waals surface area (Å²) in [6.45, 7) is 2.45. The summed E-state index contributed by atoms with van der Waals surface area (Å²) >= 11 is 0. The van der Waals surface area contributed by atoms with E-state index >= 15 is 0 Å². The summed E-state index contributed by atoms with van der Waals surface area (Å²) in [4.78, 5) is 4.85. The molecular formula is C22H29N. The zero-order valence-corrected chi connectivity index (χ0v) is 14.4. The Morgan fingerprint density at radius 3 is 2.83 bits per heavy atom. The third kappa shape index (κ3) is 3.29. The highest BCUT2D eigenvalue weighted by Gasteiger charge is 2.29. The van der Waals surface area contributed by atoms with Gasteiger partial charge in [0.15, 0.2) is 0 Å². The van der Waals surface area contributed by atoms with Crippen LogP contribution < -0.4 is 0 Å². The molecule has 1 heteroatoms. The maximum Gasteiger partial charge on any atom is 0.0512 e. The molecule has 1 heterocycles. The first kappa shape index (κ1) is 15.2. The van der Waals surface area contributed by atoms with Crippen molar-refractivity contribution in [2.24, 2.45) is 11.8 Å². The fraction of sp³-hybridized carbons (Fsp3) is 0.591. The van der Waals surface area contributed by atoms with Gasteiger partial charge in [0.1, 0.15) is 0 Å². The van der Waals surface area contributed by atoms with Gasteiger partial charge in [-0.3, -0.25) is 4.98 Å². The second kappa shape index (κ2) is 6.63. The fourth-order valence-electron chi connectivity index (χ4n) is 5.05. The molecule has 0 N–H and O–H groups in total. The minimum absolute atomic E-state index is 0.668. The standard InChI is InChI=1S/C22H29N/c1-16-12-18-7-5-3-2-4-6-17-8-9-21-19(14-17)10-11-23-22(21)20(13-16)15-18/h8-11,14,16,18,20H,2-7,12-13,15H2,1H3. The molecule has 23 heavy (non-hydrogen) atoms. The van der Waals surface area contributed by atoms with Crippen LogP contribution in [-0.2, 0) is 6.42 Å². The van der Waals surface area contributed by atoms with E-state index in [1.54, 1.807) is 0 Å². The third-order valence-corrected chi connectivity index (χ3v) is 6.11. The van der Waals surface area contributed by atoms with E-state index in [0.29, 0.717) is 5.92 Å². The van der Waals surface area contributed by atoms with Gasteiger partial charge in [0.2, 0.25) is 0 Å². The van der Waals surface area contributed by atoms with E-state index in [-0.39, 0.29) is 0 Å². The molecule has 0 aliphatic heterocycles. The Morgan fingerprint density at radius 1 is 0.957 bits per heavy atom.